The number of hydrogen-bond donors (Lipinski definition) is 1. The standard InChI is InChI=1S/C21H16Cl2N4O2/c1-13-2-4-14(5-3-13)12-27-9-8-20(25-27)24-21(28)18-11-19(29-26-18)16-7-6-15(22)10-17(16)23/h2-11H,12H2,1H3,(H,24,25,28). The Labute approximate surface area is 177 Å². The molecule has 0 aliphatic carbocycles. The second kappa shape index (κ2) is 8.11. The van der Waals surface area contributed by atoms with Crippen LogP contribution in [-0.2, 0) is 6.54 Å². The molecule has 2 aromatic heterocycles. The highest BCUT2D eigenvalue weighted by Gasteiger charge is 2.16. The number of carbonyl (C=O) groups excluding carboxylic acids is 1. The lowest BCUT2D eigenvalue weighted by Gasteiger charge is -2.02. The summed E-state index contributed by atoms with van der Waals surface area (Å²) in [5.41, 5.74) is 3.05. The fourth-order valence-corrected chi connectivity index (χ4v) is 3.28. The number of halogens is 2. The van der Waals surface area contributed by atoms with E-state index in [2.05, 4.69) is 27.7 Å². The van der Waals surface area contributed by atoms with Crippen molar-refractivity contribution >= 4 is 34.9 Å². The smallest absolute Gasteiger partial charge is 0.279 e. The van der Waals surface area contributed by atoms with Gasteiger partial charge in [-0.3, -0.25) is 9.48 Å². The monoisotopic (exact) mass is 426 g/mol. The summed E-state index contributed by atoms with van der Waals surface area (Å²) in [5, 5.41) is 11.8. The summed E-state index contributed by atoms with van der Waals surface area (Å²) in [6.45, 7) is 2.65. The first-order chi connectivity index (χ1) is 14.0. The van der Waals surface area contributed by atoms with Gasteiger partial charge in [0.05, 0.1) is 11.6 Å². The Morgan fingerprint density at radius 2 is 1.90 bits per heavy atom. The number of nitrogens with one attached hydrogen (secondary N) is 1. The summed E-state index contributed by atoms with van der Waals surface area (Å²) in [6.07, 6.45) is 1.80. The summed E-state index contributed by atoms with van der Waals surface area (Å²) in [5.74, 6) is 0.378. The highest BCUT2D eigenvalue weighted by molar-refractivity contribution is 6.36. The second-order valence-electron chi connectivity index (χ2n) is 6.54. The lowest BCUT2D eigenvalue weighted by molar-refractivity contribution is 0.101. The fraction of sp³-hybridized carbons (Fsp3) is 0.0952. The molecule has 146 valence electrons. The van der Waals surface area contributed by atoms with Crippen LogP contribution in [0, 0.1) is 6.92 Å². The molecule has 4 rings (SSSR count). The van der Waals surface area contributed by atoms with Crippen molar-refractivity contribution in [3.8, 4) is 11.3 Å². The van der Waals surface area contributed by atoms with Gasteiger partial charge in [0.2, 0.25) is 0 Å². The SMILES string of the molecule is Cc1ccc(Cn2ccc(NC(=O)c3cc(-c4ccc(Cl)cc4Cl)on3)n2)cc1. The molecule has 0 saturated carbocycles. The molecule has 0 unspecified atom stereocenters. The third-order valence-corrected chi connectivity index (χ3v) is 4.83. The lowest BCUT2D eigenvalue weighted by Crippen LogP contribution is -2.13. The van der Waals surface area contributed by atoms with E-state index in [0.717, 1.165) is 5.56 Å². The maximum absolute atomic E-state index is 12.5. The van der Waals surface area contributed by atoms with Gasteiger partial charge in [0, 0.05) is 28.9 Å². The molecule has 2 aromatic carbocycles. The highest BCUT2D eigenvalue weighted by Crippen LogP contribution is 2.30. The van der Waals surface area contributed by atoms with Crippen LogP contribution in [0.15, 0.2) is 65.3 Å². The van der Waals surface area contributed by atoms with Gasteiger partial charge in [0.1, 0.15) is 0 Å². The molecule has 0 aliphatic heterocycles. The van der Waals surface area contributed by atoms with Crippen molar-refractivity contribution < 1.29 is 9.32 Å². The first-order valence-electron chi connectivity index (χ1n) is 8.80. The van der Waals surface area contributed by atoms with Gasteiger partial charge in [-0.1, -0.05) is 58.2 Å². The summed E-state index contributed by atoms with van der Waals surface area (Å²) in [7, 11) is 0. The van der Waals surface area contributed by atoms with E-state index in [1.54, 1.807) is 35.1 Å². The molecular weight excluding hydrogens is 411 g/mol. The zero-order valence-electron chi connectivity index (χ0n) is 15.4. The molecule has 1 amide bonds. The van der Waals surface area contributed by atoms with E-state index in [-0.39, 0.29) is 5.69 Å². The molecular formula is C21H16Cl2N4O2. The maximum Gasteiger partial charge on any atom is 0.279 e. The quantitative estimate of drug-likeness (QED) is 0.460. The van der Waals surface area contributed by atoms with E-state index in [1.807, 2.05) is 19.1 Å². The molecule has 0 atom stereocenters. The molecule has 0 spiro atoms. The molecule has 0 saturated heterocycles. The van der Waals surface area contributed by atoms with Crippen LogP contribution < -0.4 is 5.32 Å². The Bertz CT molecular complexity index is 1170. The van der Waals surface area contributed by atoms with Crippen LogP contribution in [0.2, 0.25) is 10.0 Å². The number of aromatic nitrogens is 3. The summed E-state index contributed by atoms with van der Waals surface area (Å²) < 4.78 is 7.01. The Kier molecular flexibility index (Phi) is 5.38. The minimum Gasteiger partial charge on any atom is -0.355 e. The molecule has 8 heteroatoms. The van der Waals surface area contributed by atoms with Crippen LogP contribution in [0.3, 0.4) is 0 Å². The molecule has 1 N–H and O–H groups in total. The normalized spacial score (nSPS) is 10.9. The first kappa shape index (κ1) is 19.2. The number of nitrogens with zero attached hydrogens (tertiary/aromatic N) is 3. The number of benzene rings is 2. The van der Waals surface area contributed by atoms with Crippen molar-refractivity contribution in [1.82, 2.24) is 14.9 Å². The Balaban J connectivity index is 1.44. The van der Waals surface area contributed by atoms with Gasteiger partial charge in [0.25, 0.3) is 5.91 Å². The lowest BCUT2D eigenvalue weighted by atomic mass is 10.1. The van der Waals surface area contributed by atoms with Gasteiger partial charge in [-0.25, -0.2) is 0 Å². The van der Waals surface area contributed by atoms with E-state index in [9.17, 15) is 4.79 Å². The number of amides is 1. The van der Waals surface area contributed by atoms with Gasteiger partial charge in [-0.15, -0.1) is 0 Å². The van der Waals surface area contributed by atoms with Crippen LogP contribution in [0.4, 0.5) is 5.82 Å². The minimum atomic E-state index is -0.425. The molecule has 4 aromatic rings. The first-order valence-corrected chi connectivity index (χ1v) is 9.56. The number of aryl methyl sites for hydroxylation is 1. The Morgan fingerprint density at radius 1 is 1.10 bits per heavy atom. The molecule has 0 fully saturated rings. The zero-order chi connectivity index (χ0) is 20.4. The van der Waals surface area contributed by atoms with E-state index in [4.69, 9.17) is 27.7 Å². The zero-order valence-corrected chi connectivity index (χ0v) is 16.9. The van der Waals surface area contributed by atoms with Crippen molar-refractivity contribution in [1.29, 1.82) is 0 Å². The molecule has 29 heavy (non-hydrogen) atoms. The molecule has 6 nitrogen and oxygen atoms in total. The van der Waals surface area contributed by atoms with Gasteiger partial charge in [-0.05, 0) is 30.7 Å². The third kappa shape index (κ3) is 4.50. The van der Waals surface area contributed by atoms with Crippen molar-refractivity contribution in [2.45, 2.75) is 13.5 Å². The van der Waals surface area contributed by atoms with Crippen molar-refractivity contribution in [3.05, 3.63) is 87.7 Å². The third-order valence-electron chi connectivity index (χ3n) is 4.29. The van der Waals surface area contributed by atoms with E-state index in [1.165, 1.54) is 11.6 Å². The van der Waals surface area contributed by atoms with Crippen LogP contribution in [-0.4, -0.2) is 20.8 Å². The van der Waals surface area contributed by atoms with Gasteiger partial charge >= 0.3 is 0 Å². The fourth-order valence-electron chi connectivity index (χ4n) is 2.78. The van der Waals surface area contributed by atoms with Gasteiger partial charge < -0.3 is 9.84 Å². The number of rotatable bonds is 5. The average molecular weight is 427 g/mol. The van der Waals surface area contributed by atoms with Gasteiger partial charge in [-0.2, -0.15) is 5.10 Å². The maximum atomic E-state index is 12.5. The summed E-state index contributed by atoms with van der Waals surface area (Å²) >= 11 is 12.1. The van der Waals surface area contributed by atoms with E-state index >= 15 is 0 Å². The van der Waals surface area contributed by atoms with Crippen LogP contribution >= 0.6 is 23.2 Å². The molecule has 0 bridgehead atoms. The van der Waals surface area contributed by atoms with Crippen molar-refractivity contribution in [2.24, 2.45) is 0 Å². The predicted molar refractivity (Wildman–Crippen MR) is 112 cm³/mol. The van der Waals surface area contributed by atoms with Crippen LogP contribution in [0.1, 0.15) is 21.6 Å². The topological polar surface area (TPSA) is 73.0 Å². The van der Waals surface area contributed by atoms with E-state index in [0.29, 0.717) is 33.7 Å². The van der Waals surface area contributed by atoms with Crippen LogP contribution in [0.25, 0.3) is 11.3 Å². The molecule has 0 radical (unpaired) electrons. The number of hydrogen-bond acceptors (Lipinski definition) is 4. The average Bonchev–Trinajstić information content (AvgIpc) is 3.33. The molecule has 0 aliphatic rings. The highest BCUT2D eigenvalue weighted by atomic mass is 35.5. The van der Waals surface area contributed by atoms with Crippen molar-refractivity contribution in [2.75, 3.05) is 5.32 Å². The number of carbonyl (C=O) groups is 1. The largest absolute Gasteiger partial charge is 0.355 e. The minimum absolute atomic E-state index is 0.124. The van der Waals surface area contributed by atoms with Crippen LogP contribution in [0.5, 0.6) is 0 Å². The predicted octanol–water partition coefficient (Wildman–Crippen LogP) is 5.45. The second-order valence-corrected chi connectivity index (χ2v) is 7.38. The Hall–Kier alpha value is -3.09. The molecule has 2 heterocycles. The summed E-state index contributed by atoms with van der Waals surface area (Å²) in [6, 6.07) is 16.4. The van der Waals surface area contributed by atoms with Crippen molar-refractivity contribution in [3.63, 3.8) is 0 Å². The van der Waals surface area contributed by atoms with E-state index < -0.39 is 5.91 Å². The Morgan fingerprint density at radius 3 is 2.66 bits per heavy atom. The summed E-state index contributed by atoms with van der Waals surface area (Å²) in [4.78, 5) is 12.5. The number of anilines is 1. The van der Waals surface area contributed by atoms with Gasteiger partial charge in [0.15, 0.2) is 17.3 Å².